The van der Waals surface area contributed by atoms with Crippen LogP contribution in [0.15, 0.2) is 48.5 Å². The minimum Gasteiger partial charge on any atom is -0.344 e. The van der Waals surface area contributed by atoms with E-state index in [1.807, 2.05) is 37.4 Å². The maximum Gasteiger partial charge on any atom is 0.417 e. The van der Waals surface area contributed by atoms with Crippen molar-refractivity contribution in [2.45, 2.75) is 37.5 Å². The lowest BCUT2D eigenvalue weighted by Crippen LogP contribution is -2.47. The first-order valence-corrected chi connectivity index (χ1v) is 9.58. The fraction of sp³-hybridized carbons (Fsp3) is 0.381. The normalized spacial score (nSPS) is 19.2. The summed E-state index contributed by atoms with van der Waals surface area (Å²) in [6.07, 6.45) is -1.59. The van der Waals surface area contributed by atoms with Gasteiger partial charge in [0, 0.05) is 6.04 Å². The zero-order chi connectivity index (χ0) is 20.3. The molecule has 2 atom stereocenters. The molecule has 1 fully saturated rings. The number of rotatable bonds is 4. The second-order valence-corrected chi connectivity index (χ2v) is 7.45. The molecule has 0 bridgehead atoms. The van der Waals surface area contributed by atoms with Gasteiger partial charge in [-0.3, -0.25) is 4.79 Å². The molecule has 1 heterocycles. The predicted octanol–water partition coefficient (Wildman–Crippen LogP) is 5.31. The van der Waals surface area contributed by atoms with Crippen molar-refractivity contribution in [3.8, 4) is 0 Å². The maximum absolute atomic E-state index is 13.1. The highest BCUT2D eigenvalue weighted by Gasteiger charge is 2.36. The van der Waals surface area contributed by atoms with Gasteiger partial charge in [0.05, 0.1) is 22.2 Å². The molecular formula is C21H22ClF3N2O. The predicted molar refractivity (Wildman–Crippen MR) is 103 cm³/mol. The number of nitrogens with zero attached hydrogens (tertiary/aromatic N) is 1. The number of alkyl halides is 3. The minimum absolute atomic E-state index is 0.0599. The summed E-state index contributed by atoms with van der Waals surface area (Å²) in [6.45, 7) is 0.911. The number of halogens is 4. The van der Waals surface area contributed by atoms with Crippen LogP contribution in [-0.2, 0) is 6.18 Å². The number of carbonyl (C=O) groups is 1. The summed E-state index contributed by atoms with van der Waals surface area (Å²) in [7, 11) is 2.00. The van der Waals surface area contributed by atoms with Gasteiger partial charge in [0.25, 0.3) is 5.91 Å². The molecule has 0 aromatic heterocycles. The molecule has 1 aliphatic heterocycles. The summed E-state index contributed by atoms with van der Waals surface area (Å²) in [5.41, 5.74) is -0.263. The lowest BCUT2D eigenvalue weighted by molar-refractivity contribution is -0.137. The molecule has 1 N–H and O–H groups in total. The number of likely N-dealkylation sites (tertiary alicyclic amines) is 1. The van der Waals surface area contributed by atoms with Crippen LogP contribution in [0.25, 0.3) is 0 Å². The Balaban J connectivity index is 1.92. The van der Waals surface area contributed by atoms with Crippen LogP contribution in [0.3, 0.4) is 0 Å². The summed E-state index contributed by atoms with van der Waals surface area (Å²) in [5.74, 6) is -0.607. The number of amides is 1. The second kappa shape index (κ2) is 8.53. The van der Waals surface area contributed by atoms with E-state index in [1.54, 1.807) is 0 Å². The molecule has 0 radical (unpaired) electrons. The van der Waals surface area contributed by atoms with Gasteiger partial charge in [0.1, 0.15) is 0 Å². The lowest BCUT2D eigenvalue weighted by atomic mass is 9.89. The summed E-state index contributed by atoms with van der Waals surface area (Å²) in [5, 5.41) is 2.36. The summed E-state index contributed by atoms with van der Waals surface area (Å²) in [6, 6.07) is 12.6. The number of hydrogen-bond acceptors (Lipinski definition) is 2. The van der Waals surface area contributed by atoms with Crippen molar-refractivity contribution >= 4 is 17.5 Å². The van der Waals surface area contributed by atoms with Crippen LogP contribution in [-0.4, -0.2) is 30.4 Å². The molecule has 0 saturated carbocycles. The third kappa shape index (κ3) is 4.50. The van der Waals surface area contributed by atoms with Crippen LogP contribution in [0.4, 0.5) is 13.2 Å². The molecule has 0 spiro atoms. The molecular weight excluding hydrogens is 388 g/mol. The summed E-state index contributed by atoms with van der Waals surface area (Å²) < 4.78 is 39.4. The van der Waals surface area contributed by atoms with Gasteiger partial charge in [-0.15, -0.1) is 0 Å². The third-order valence-corrected chi connectivity index (χ3v) is 5.61. The van der Waals surface area contributed by atoms with Crippen LogP contribution < -0.4 is 5.32 Å². The van der Waals surface area contributed by atoms with E-state index in [2.05, 4.69) is 10.2 Å². The van der Waals surface area contributed by atoms with Crippen molar-refractivity contribution in [3.63, 3.8) is 0 Å². The van der Waals surface area contributed by atoms with Gasteiger partial charge in [-0.25, -0.2) is 0 Å². The van der Waals surface area contributed by atoms with Crippen molar-refractivity contribution in [2.24, 2.45) is 0 Å². The SMILES string of the molecule is [11CH3]N1CCCC[C@H]1[C@@H](NC(=O)c1cccc(C(F)(F)F)c1Cl)c1ccccc1. The Morgan fingerprint density at radius 3 is 2.50 bits per heavy atom. The van der Waals surface area contributed by atoms with Gasteiger partial charge >= 0.3 is 6.18 Å². The second-order valence-electron chi connectivity index (χ2n) is 7.07. The van der Waals surface area contributed by atoms with Crippen LogP contribution >= 0.6 is 11.6 Å². The number of likely N-dealkylation sites (N-methyl/N-ethyl adjacent to an activating group) is 1. The topological polar surface area (TPSA) is 32.3 Å². The van der Waals surface area contributed by atoms with Crippen molar-refractivity contribution in [3.05, 3.63) is 70.2 Å². The van der Waals surface area contributed by atoms with Crippen molar-refractivity contribution in [1.29, 1.82) is 0 Å². The molecule has 2 aromatic carbocycles. The molecule has 7 heteroatoms. The standard InChI is InChI=1S/C21H22ClF3N2O/c1-27-13-6-5-12-17(27)19(14-8-3-2-4-9-14)26-20(28)15-10-7-11-16(18(15)22)21(23,24)25/h2-4,7-11,17,19H,5-6,12-13H2,1H3,(H,26,28)/t17-,19-/m0/s1/i1-1. The molecule has 3 nitrogen and oxygen atoms in total. The highest BCUT2D eigenvalue weighted by molar-refractivity contribution is 6.34. The summed E-state index contributed by atoms with van der Waals surface area (Å²) in [4.78, 5) is 15.1. The first-order chi connectivity index (χ1) is 13.3. The zero-order valence-electron chi connectivity index (χ0n) is 15.5. The van der Waals surface area contributed by atoms with E-state index in [9.17, 15) is 18.0 Å². The number of nitrogens with one attached hydrogen (secondary N) is 1. The van der Waals surface area contributed by atoms with E-state index in [1.165, 1.54) is 12.1 Å². The monoisotopic (exact) mass is 409 g/mol. The van der Waals surface area contributed by atoms with Gasteiger partial charge in [-0.1, -0.05) is 54.4 Å². The van der Waals surface area contributed by atoms with Gasteiger partial charge < -0.3 is 10.2 Å². The Bertz CT molecular complexity index is 826. The molecule has 0 aliphatic carbocycles. The number of piperidine rings is 1. The largest absolute Gasteiger partial charge is 0.417 e. The van der Waals surface area contributed by atoms with Crippen LogP contribution in [0.5, 0.6) is 0 Å². The van der Waals surface area contributed by atoms with E-state index in [4.69, 9.17) is 11.6 Å². The Hall–Kier alpha value is -2.05. The first kappa shape index (κ1) is 20.7. The molecule has 1 aliphatic rings. The first-order valence-electron chi connectivity index (χ1n) is 9.21. The van der Waals surface area contributed by atoms with Crippen LogP contribution in [0.2, 0.25) is 5.02 Å². The zero-order valence-corrected chi connectivity index (χ0v) is 16.2. The lowest BCUT2D eigenvalue weighted by Gasteiger charge is -2.38. The molecule has 150 valence electrons. The number of benzene rings is 2. The van der Waals surface area contributed by atoms with Gasteiger partial charge in [-0.2, -0.15) is 13.2 Å². The minimum atomic E-state index is -4.62. The highest BCUT2D eigenvalue weighted by atomic mass is 35.5. The average Bonchev–Trinajstić information content (AvgIpc) is 2.66. The number of carbonyl (C=O) groups excluding carboxylic acids is 1. The van der Waals surface area contributed by atoms with E-state index in [0.29, 0.717) is 0 Å². The molecule has 3 rings (SSSR count). The Kier molecular flexibility index (Phi) is 6.30. The van der Waals surface area contributed by atoms with E-state index in [-0.39, 0.29) is 17.6 Å². The van der Waals surface area contributed by atoms with Crippen LogP contribution in [0.1, 0.15) is 46.8 Å². The van der Waals surface area contributed by atoms with Crippen molar-refractivity contribution in [2.75, 3.05) is 13.6 Å². The van der Waals surface area contributed by atoms with Crippen LogP contribution in [0, 0.1) is 0 Å². The molecule has 28 heavy (non-hydrogen) atoms. The fourth-order valence-electron chi connectivity index (χ4n) is 3.73. The molecule has 0 unspecified atom stereocenters. The maximum atomic E-state index is 13.1. The van der Waals surface area contributed by atoms with E-state index in [0.717, 1.165) is 37.4 Å². The van der Waals surface area contributed by atoms with E-state index < -0.39 is 22.7 Å². The highest BCUT2D eigenvalue weighted by Crippen LogP contribution is 2.36. The van der Waals surface area contributed by atoms with E-state index >= 15 is 0 Å². The Morgan fingerprint density at radius 1 is 1.14 bits per heavy atom. The molecule has 1 amide bonds. The summed E-state index contributed by atoms with van der Waals surface area (Å²) >= 11 is 5.94. The smallest absolute Gasteiger partial charge is 0.344 e. The Labute approximate surface area is 167 Å². The quantitative estimate of drug-likeness (QED) is 0.741. The molecule has 1 saturated heterocycles. The van der Waals surface area contributed by atoms with Crippen molar-refractivity contribution in [1.82, 2.24) is 10.2 Å². The number of hydrogen-bond donors (Lipinski definition) is 1. The average molecular weight is 410 g/mol. The fourth-order valence-corrected chi connectivity index (χ4v) is 4.05. The molecule has 2 aromatic rings. The van der Waals surface area contributed by atoms with Gasteiger partial charge in [0.15, 0.2) is 0 Å². The Morgan fingerprint density at radius 2 is 1.86 bits per heavy atom. The van der Waals surface area contributed by atoms with Crippen molar-refractivity contribution < 1.29 is 18.0 Å². The van der Waals surface area contributed by atoms with Gasteiger partial charge in [0.2, 0.25) is 0 Å². The van der Waals surface area contributed by atoms with Gasteiger partial charge in [-0.05, 0) is 44.1 Å². The third-order valence-electron chi connectivity index (χ3n) is 5.21.